The van der Waals surface area contributed by atoms with Crippen LogP contribution in [0.1, 0.15) is 6.92 Å². The van der Waals surface area contributed by atoms with Crippen molar-refractivity contribution in [1.82, 2.24) is 14.5 Å². The molecule has 0 spiro atoms. The zero-order valence-electron chi connectivity index (χ0n) is 14.4. The van der Waals surface area contributed by atoms with Crippen LogP contribution in [0.3, 0.4) is 0 Å². The van der Waals surface area contributed by atoms with Crippen molar-refractivity contribution in [2.75, 3.05) is 7.11 Å². The second-order valence-electron chi connectivity index (χ2n) is 5.80. The fourth-order valence-electron chi connectivity index (χ4n) is 2.92. The average Bonchev–Trinajstić information content (AvgIpc) is 3.23. The monoisotopic (exact) mass is 366 g/mol. The van der Waals surface area contributed by atoms with Gasteiger partial charge in [-0.15, -0.1) is 11.3 Å². The highest BCUT2D eigenvalue weighted by atomic mass is 32.1. The molecule has 2 aromatic heterocycles. The van der Waals surface area contributed by atoms with Crippen molar-refractivity contribution in [2.24, 2.45) is 4.99 Å². The minimum atomic E-state index is -0.210. The number of H-pyrrole nitrogens is 2. The average molecular weight is 366 g/mol. The van der Waals surface area contributed by atoms with Crippen LogP contribution in [0.2, 0.25) is 0 Å². The molecular formula is C19H18N4O2S. The zero-order chi connectivity index (χ0) is 18.1. The van der Waals surface area contributed by atoms with E-state index < -0.39 is 0 Å². The summed E-state index contributed by atoms with van der Waals surface area (Å²) in [6.45, 7) is 2.92. The molecule has 0 saturated carbocycles. The van der Waals surface area contributed by atoms with Gasteiger partial charge in [-0.3, -0.25) is 0 Å². The van der Waals surface area contributed by atoms with Crippen molar-refractivity contribution in [3.05, 3.63) is 63.1 Å². The van der Waals surface area contributed by atoms with E-state index in [0.29, 0.717) is 0 Å². The highest BCUT2D eigenvalue weighted by Gasteiger charge is 2.07. The molecule has 0 bridgehead atoms. The molecule has 0 saturated heterocycles. The molecule has 0 aliphatic rings. The molecule has 7 heteroatoms. The van der Waals surface area contributed by atoms with E-state index in [9.17, 15) is 4.79 Å². The molecule has 0 fully saturated rings. The summed E-state index contributed by atoms with van der Waals surface area (Å²) in [6, 6.07) is 13.7. The summed E-state index contributed by atoms with van der Waals surface area (Å²) >= 11 is 1.60. The zero-order valence-corrected chi connectivity index (χ0v) is 15.3. The number of thiazole rings is 1. The lowest BCUT2D eigenvalue weighted by atomic mass is 10.1. The number of rotatable bonds is 4. The molecule has 26 heavy (non-hydrogen) atoms. The van der Waals surface area contributed by atoms with E-state index in [1.54, 1.807) is 18.4 Å². The quantitative estimate of drug-likeness (QED) is 0.578. The van der Waals surface area contributed by atoms with E-state index in [2.05, 4.69) is 26.8 Å². The second-order valence-corrected chi connectivity index (χ2v) is 6.63. The van der Waals surface area contributed by atoms with Gasteiger partial charge < -0.3 is 19.3 Å². The van der Waals surface area contributed by atoms with Crippen LogP contribution in [0.4, 0.5) is 5.69 Å². The van der Waals surface area contributed by atoms with Crippen LogP contribution in [-0.2, 0) is 6.54 Å². The maximum absolute atomic E-state index is 11.4. The molecule has 2 N–H and O–H groups in total. The van der Waals surface area contributed by atoms with Crippen molar-refractivity contribution >= 4 is 28.1 Å². The van der Waals surface area contributed by atoms with Gasteiger partial charge in [0.25, 0.3) is 0 Å². The molecule has 0 radical (unpaired) electrons. The van der Waals surface area contributed by atoms with Gasteiger partial charge in [-0.05, 0) is 55.0 Å². The fourth-order valence-corrected chi connectivity index (χ4v) is 3.91. The number of hydrogen-bond donors (Lipinski definition) is 2. The van der Waals surface area contributed by atoms with Crippen molar-refractivity contribution in [3.8, 4) is 17.0 Å². The predicted molar refractivity (Wildman–Crippen MR) is 104 cm³/mol. The highest BCUT2D eigenvalue weighted by molar-refractivity contribution is 7.07. The Morgan fingerprint density at radius 1 is 1.12 bits per heavy atom. The van der Waals surface area contributed by atoms with Crippen molar-refractivity contribution in [1.29, 1.82) is 0 Å². The number of imidazole rings is 1. The molecule has 0 amide bonds. The van der Waals surface area contributed by atoms with E-state index in [-0.39, 0.29) is 5.69 Å². The van der Waals surface area contributed by atoms with Gasteiger partial charge in [0.05, 0.1) is 29.5 Å². The molecule has 0 atom stereocenters. The van der Waals surface area contributed by atoms with Gasteiger partial charge in [-0.25, -0.2) is 9.79 Å². The first-order chi connectivity index (χ1) is 12.7. The van der Waals surface area contributed by atoms with Crippen LogP contribution in [0, 0.1) is 0 Å². The number of ether oxygens (including phenoxy) is 1. The Labute approximate surface area is 153 Å². The fraction of sp³-hybridized carbons (Fsp3) is 0.158. The number of aromatic nitrogens is 3. The summed E-state index contributed by atoms with van der Waals surface area (Å²) in [7, 11) is 1.66. The van der Waals surface area contributed by atoms with E-state index >= 15 is 0 Å². The van der Waals surface area contributed by atoms with Crippen molar-refractivity contribution in [2.45, 2.75) is 13.5 Å². The summed E-state index contributed by atoms with van der Waals surface area (Å²) < 4.78 is 7.41. The summed E-state index contributed by atoms with van der Waals surface area (Å²) in [5.41, 5.74) is 4.37. The minimum Gasteiger partial charge on any atom is -0.497 e. The SMILES string of the molecule is CCn1c(-c2ccc(OC)cc2)csc1=Nc1ccc2[nH]c(=O)[nH]c2c1. The summed E-state index contributed by atoms with van der Waals surface area (Å²) in [5, 5.41) is 2.11. The Morgan fingerprint density at radius 3 is 2.62 bits per heavy atom. The highest BCUT2D eigenvalue weighted by Crippen LogP contribution is 2.24. The minimum absolute atomic E-state index is 0.210. The Hall–Kier alpha value is -3.06. The molecule has 132 valence electrons. The van der Waals surface area contributed by atoms with Crippen LogP contribution in [0.25, 0.3) is 22.3 Å². The maximum Gasteiger partial charge on any atom is 0.323 e. The van der Waals surface area contributed by atoms with Gasteiger partial charge in [0.15, 0.2) is 4.80 Å². The van der Waals surface area contributed by atoms with E-state index in [4.69, 9.17) is 9.73 Å². The van der Waals surface area contributed by atoms with Gasteiger partial charge in [-0.1, -0.05) is 0 Å². The molecule has 0 unspecified atom stereocenters. The lowest BCUT2D eigenvalue weighted by molar-refractivity contribution is 0.415. The third-order valence-corrected chi connectivity index (χ3v) is 5.09. The topological polar surface area (TPSA) is 75.2 Å². The first-order valence-corrected chi connectivity index (χ1v) is 9.15. The van der Waals surface area contributed by atoms with Gasteiger partial charge in [0.2, 0.25) is 0 Å². The number of nitrogens with one attached hydrogen (secondary N) is 2. The molecular weight excluding hydrogens is 348 g/mol. The molecule has 6 nitrogen and oxygen atoms in total. The Balaban J connectivity index is 1.79. The smallest absolute Gasteiger partial charge is 0.323 e. The van der Waals surface area contributed by atoms with Crippen LogP contribution in [-0.4, -0.2) is 21.6 Å². The normalized spacial score (nSPS) is 12.0. The molecule has 0 aliphatic carbocycles. The number of benzene rings is 2. The Kier molecular flexibility index (Phi) is 4.22. The molecule has 4 aromatic rings. The number of aromatic amines is 2. The number of fused-ring (bicyclic) bond motifs is 1. The van der Waals surface area contributed by atoms with Crippen LogP contribution in [0.5, 0.6) is 5.75 Å². The summed E-state index contributed by atoms with van der Waals surface area (Å²) in [5.74, 6) is 0.839. The largest absolute Gasteiger partial charge is 0.497 e. The van der Waals surface area contributed by atoms with Crippen LogP contribution in [0.15, 0.2) is 57.6 Å². The Bertz CT molecular complexity index is 1180. The Morgan fingerprint density at radius 2 is 1.88 bits per heavy atom. The summed E-state index contributed by atoms with van der Waals surface area (Å²) in [4.78, 5) is 22.6. The van der Waals surface area contributed by atoms with Gasteiger partial charge >= 0.3 is 5.69 Å². The number of nitrogens with zero attached hydrogens (tertiary/aromatic N) is 2. The first-order valence-electron chi connectivity index (χ1n) is 8.27. The van der Waals surface area contributed by atoms with Gasteiger partial charge in [-0.2, -0.15) is 0 Å². The predicted octanol–water partition coefficient (Wildman–Crippen LogP) is 3.65. The number of methoxy groups -OCH3 is 1. The van der Waals surface area contributed by atoms with E-state index in [0.717, 1.165) is 45.1 Å². The van der Waals surface area contributed by atoms with Crippen molar-refractivity contribution < 1.29 is 4.74 Å². The standard InChI is InChI=1S/C19H18N4O2S/c1-3-23-17(12-4-7-14(25-2)8-5-12)11-26-19(23)20-13-6-9-15-16(10-13)22-18(24)21-15/h4-11H,3H2,1-2H3,(H2,21,22,24). The third kappa shape index (κ3) is 2.97. The number of hydrogen-bond acceptors (Lipinski definition) is 4. The molecule has 2 aromatic carbocycles. The van der Waals surface area contributed by atoms with Crippen LogP contribution >= 0.6 is 11.3 Å². The van der Waals surface area contributed by atoms with E-state index in [1.807, 2.05) is 42.5 Å². The molecule has 4 rings (SSSR count). The van der Waals surface area contributed by atoms with Gasteiger partial charge in [0.1, 0.15) is 5.75 Å². The van der Waals surface area contributed by atoms with Gasteiger partial charge in [0, 0.05) is 11.9 Å². The second kappa shape index (κ2) is 6.68. The van der Waals surface area contributed by atoms with Crippen molar-refractivity contribution in [3.63, 3.8) is 0 Å². The molecule has 0 aliphatic heterocycles. The van der Waals surface area contributed by atoms with E-state index in [1.165, 1.54) is 0 Å². The van der Waals surface area contributed by atoms with Crippen LogP contribution < -0.4 is 15.2 Å². The maximum atomic E-state index is 11.4. The summed E-state index contributed by atoms with van der Waals surface area (Å²) in [6.07, 6.45) is 0. The lowest BCUT2D eigenvalue weighted by Gasteiger charge is -2.07. The first kappa shape index (κ1) is 16.4. The lowest BCUT2D eigenvalue weighted by Crippen LogP contribution is -2.14. The molecule has 2 heterocycles. The third-order valence-electron chi connectivity index (χ3n) is 4.22.